The van der Waals surface area contributed by atoms with E-state index >= 15 is 0 Å². The zero-order valence-electron chi connectivity index (χ0n) is 18.6. The van der Waals surface area contributed by atoms with Gasteiger partial charge in [0.15, 0.2) is 0 Å². The van der Waals surface area contributed by atoms with E-state index in [-0.39, 0.29) is 37.4 Å². The summed E-state index contributed by atoms with van der Waals surface area (Å²) in [5.41, 5.74) is -1.61. The van der Waals surface area contributed by atoms with Crippen LogP contribution in [0.1, 0.15) is 12.6 Å². The first-order valence-corrected chi connectivity index (χ1v) is 13.8. The van der Waals surface area contributed by atoms with E-state index in [0.29, 0.717) is 6.61 Å². The van der Waals surface area contributed by atoms with Crippen LogP contribution < -0.4 is 5.56 Å². The van der Waals surface area contributed by atoms with Gasteiger partial charge in [-0.25, -0.2) is 9.48 Å². The van der Waals surface area contributed by atoms with Crippen molar-refractivity contribution in [3.8, 4) is 0 Å². The van der Waals surface area contributed by atoms with Crippen LogP contribution in [0.25, 0.3) is 10.9 Å². The molecular formula is C20H28F3N3O5Si. The maximum Gasteiger partial charge on any atom is 0.431 e. The zero-order valence-corrected chi connectivity index (χ0v) is 19.6. The van der Waals surface area contributed by atoms with Crippen LogP contribution in [0.4, 0.5) is 13.2 Å². The van der Waals surface area contributed by atoms with Crippen molar-refractivity contribution in [2.75, 3.05) is 19.8 Å². The Bertz CT molecular complexity index is 1010. The molecule has 0 atom stereocenters. The van der Waals surface area contributed by atoms with Gasteiger partial charge in [0.1, 0.15) is 19.0 Å². The normalized spacial score (nSPS) is 12.6. The number of hydrogen-bond acceptors (Lipinski definition) is 6. The van der Waals surface area contributed by atoms with Gasteiger partial charge in [0.05, 0.1) is 42.6 Å². The minimum Gasteiger partial charge on any atom is -0.499 e. The Morgan fingerprint density at radius 1 is 1.25 bits per heavy atom. The Balaban J connectivity index is 2.19. The lowest BCUT2D eigenvalue weighted by Gasteiger charge is -2.15. The molecule has 0 amide bonds. The van der Waals surface area contributed by atoms with E-state index in [1.165, 1.54) is 6.20 Å². The van der Waals surface area contributed by atoms with Crippen molar-refractivity contribution in [2.45, 2.75) is 52.1 Å². The molecule has 0 spiro atoms. The number of carbonyl (C=O) groups excluding carboxylic acids is 1. The second-order valence-electron chi connectivity index (χ2n) is 8.20. The summed E-state index contributed by atoms with van der Waals surface area (Å²) in [5, 5.41) is 3.86. The highest BCUT2D eigenvalue weighted by Gasteiger charge is 2.36. The second-order valence-corrected chi connectivity index (χ2v) is 13.8. The topological polar surface area (TPSA) is 84.6 Å². The van der Waals surface area contributed by atoms with Gasteiger partial charge in [-0.15, -0.1) is 0 Å². The standard InChI is InChI=1S/C20H28F3N3O5Si/c1-5-31-18(27)6-8-29-9-7-25-16-13-24-26(14-30-10-11-32(2,3)4)19(28)15(16)12-17(25)20(21,22)23/h6,8,12-13H,5,7,9-11,14H2,1-4H3/b8-6+. The molecule has 0 saturated heterocycles. The van der Waals surface area contributed by atoms with Gasteiger partial charge in [0.25, 0.3) is 5.56 Å². The highest BCUT2D eigenvalue weighted by molar-refractivity contribution is 6.76. The number of nitrogens with zero attached hydrogens (tertiary/aromatic N) is 3. The average molecular weight is 476 g/mol. The molecule has 32 heavy (non-hydrogen) atoms. The van der Waals surface area contributed by atoms with Gasteiger partial charge < -0.3 is 18.8 Å². The van der Waals surface area contributed by atoms with Crippen LogP contribution in [0.3, 0.4) is 0 Å². The number of esters is 1. The third kappa shape index (κ3) is 7.23. The molecule has 0 fully saturated rings. The maximum absolute atomic E-state index is 13.6. The Morgan fingerprint density at radius 3 is 2.59 bits per heavy atom. The molecule has 12 heteroatoms. The minimum absolute atomic E-state index is 0.0404. The van der Waals surface area contributed by atoms with Crippen LogP contribution in [0.5, 0.6) is 0 Å². The van der Waals surface area contributed by atoms with Gasteiger partial charge in [0, 0.05) is 14.7 Å². The fourth-order valence-corrected chi connectivity index (χ4v) is 3.55. The fourth-order valence-electron chi connectivity index (χ4n) is 2.79. The Hall–Kier alpha value is -2.60. The molecule has 0 aliphatic carbocycles. The van der Waals surface area contributed by atoms with Crippen molar-refractivity contribution in [2.24, 2.45) is 0 Å². The van der Waals surface area contributed by atoms with E-state index in [4.69, 9.17) is 9.47 Å². The highest BCUT2D eigenvalue weighted by Crippen LogP contribution is 2.33. The second kappa shape index (κ2) is 10.8. The number of hydrogen-bond donors (Lipinski definition) is 0. The van der Waals surface area contributed by atoms with Crippen molar-refractivity contribution in [1.29, 1.82) is 0 Å². The van der Waals surface area contributed by atoms with Crippen LogP contribution in [-0.4, -0.2) is 48.2 Å². The van der Waals surface area contributed by atoms with E-state index in [1.807, 2.05) is 0 Å². The molecule has 0 unspecified atom stereocenters. The summed E-state index contributed by atoms with van der Waals surface area (Å²) in [4.78, 5) is 23.9. The van der Waals surface area contributed by atoms with Crippen LogP contribution in [0.2, 0.25) is 25.7 Å². The van der Waals surface area contributed by atoms with Gasteiger partial charge in [-0.05, 0) is 19.0 Å². The number of rotatable bonds is 11. The van der Waals surface area contributed by atoms with E-state index in [2.05, 4.69) is 29.5 Å². The number of ether oxygens (including phenoxy) is 3. The zero-order chi connectivity index (χ0) is 23.9. The SMILES string of the molecule is CCOC(=O)/C=C/OCCn1c(C(F)(F)F)cc2c(=O)n(COCC[Si](C)(C)C)ncc21. The molecule has 0 aromatic carbocycles. The van der Waals surface area contributed by atoms with Gasteiger partial charge in [-0.2, -0.15) is 18.3 Å². The first-order chi connectivity index (χ1) is 14.9. The van der Waals surface area contributed by atoms with Crippen LogP contribution >= 0.6 is 0 Å². The summed E-state index contributed by atoms with van der Waals surface area (Å²) >= 11 is 0. The quantitative estimate of drug-likeness (QED) is 0.162. The number of aromatic nitrogens is 3. The molecule has 2 heterocycles. The fraction of sp³-hybridized carbons (Fsp3) is 0.550. The maximum atomic E-state index is 13.6. The molecule has 0 aliphatic rings. The highest BCUT2D eigenvalue weighted by atomic mass is 28.3. The summed E-state index contributed by atoms with van der Waals surface area (Å²) in [5.74, 6) is -0.619. The Kier molecular flexibility index (Phi) is 8.67. The third-order valence-corrected chi connectivity index (χ3v) is 6.15. The lowest BCUT2D eigenvalue weighted by molar-refractivity contribution is -0.143. The van der Waals surface area contributed by atoms with Gasteiger partial charge in [0.2, 0.25) is 0 Å². The molecule has 2 aromatic heterocycles. The predicted octanol–water partition coefficient (Wildman–Crippen LogP) is 3.62. The molecular weight excluding hydrogens is 447 g/mol. The average Bonchev–Trinajstić information content (AvgIpc) is 3.06. The summed E-state index contributed by atoms with van der Waals surface area (Å²) < 4.78 is 57.9. The van der Waals surface area contributed by atoms with Gasteiger partial charge in [-0.1, -0.05) is 19.6 Å². The molecule has 2 aromatic rings. The molecule has 0 aliphatic heterocycles. The van der Waals surface area contributed by atoms with E-state index in [0.717, 1.165) is 33.7 Å². The smallest absolute Gasteiger partial charge is 0.431 e. The molecule has 0 N–H and O–H groups in total. The largest absolute Gasteiger partial charge is 0.499 e. The molecule has 0 saturated carbocycles. The van der Waals surface area contributed by atoms with Gasteiger partial charge >= 0.3 is 12.1 Å². The predicted molar refractivity (Wildman–Crippen MR) is 115 cm³/mol. The Labute approximate surface area is 184 Å². The van der Waals surface area contributed by atoms with E-state index in [9.17, 15) is 22.8 Å². The third-order valence-electron chi connectivity index (χ3n) is 4.44. The number of halogens is 3. The Morgan fingerprint density at radius 2 is 1.97 bits per heavy atom. The summed E-state index contributed by atoms with van der Waals surface area (Å²) in [6, 6.07) is 1.70. The van der Waals surface area contributed by atoms with Crippen molar-refractivity contribution in [1.82, 2.24) is 14.3 Å². The molecule has 8 nitrogen and oxygen atoms in total. The molecule has 2 rings (SSSR count). The lowest BCUT2D eigenvalue weighted by atomic mass is 10.3. The first kappa shape index (κ1) is 25.7. The van der Waals surface area contributed by atoms with Crippen molar-refractivity contribution < 1.29 is 32.2 Å². The number of fused-ring (bicyclic) bond motifs is 1. The van der Waals surface area contributed by atoms with Gasteiger partial charge in [-0.3, -0.25) is 4.79 Å². The van der Waals surface area contributed by atoms with E-state index in [1.54, 1.807) is 6.92 Å². The van der Waals surface area contributed by atoms with Crippen LogP contribution in [0, 0.1) is 0 Å². The summed E-state index contributed by atoms with van der Waals surface area (Å²) in [6.07, 6.45) is -1.38. The van der Waals surface area contributed by atoms with Crippen LogP contribution in [0.15, 0.2) is 29.4 Å². The van der Waals surface area contributed by atoms with Crippen molar-refractivity contribution in [3.05, 3.63) is 40.6 Å². The first-order valence-electron chi connectivity index (χ1n) is 10.1. The monoisotopic (exact) mass is 475 g/mol. The number of carbonyl (C=O) groups is 1. The molecule has 178 valence electrons. The lowest BCUT2D eigenvalue weighted by Crippen LogP contribution is -2.26. The molecule has 0 radical (unpaired) electrons. The van der Waals surface area contributed by atoms with Crippen molar-refractivity contribution >= 4 is 24.9 Å². The van der Waals surface area contributed by atoms with Crippen LogP contribution in [-0.2, 0) is 38.5 Å². The van der Waals surface area contributed by atoms with Crippen molar-refractivity contribution in [3.63, 3.8) is 0 Å². The number of alkyl halides is 3. The van der Waals surface area contributed by atoms with E-state index < -0.39 is 31.5 Å². The summed E-state index contributed by atoms with van der Waals surface area (Å²) in [6.45, 7) is 8.35. The summed E-state index contributed by atoms with van der Waals surface area (Å²) in [7, 11) is -1.31. The molecule has 0 bridgehead atoms. The minimum atomic E-state index is -4.68.